The van der Waals surface area contributed by atoms with Crippen LogP contribution in [0.2, 0.25) is 5.02 Å². The average molecular weight is 411 g/mol. The number of ether oxygens (including phenoxy) is 3. The van der Waals surface area contributed by atoms with Crippen LogP contribution in [0.5, 0.6) is 17.2 Å². The number of nitro benzene ring substituents is 1. The number of fused-ring (bicyclic) bond motifs is 1. The summed E-state index contributed by atoms with van der Waals surface area (Å²) in [4.78, 5) is 15.3. The SMILES string of the molecule is COc1ccc(Oc2ccc([N+](=O)[O-])cc2C2=Nc3cccc(Cl)c3CO2)cc1. The Balaban J connectivity index is 1.76. The van der Waals surface area contributed by atoms with Crippen LogP contribution in [-0.2, 0) is 11.3 Å². The van der Waals surface area contributed by atoms with Gasteiger partial charge < -0.3 is 14.2 Å². The van der Waals surface area contributed by atoms with E-state index < -0.39 is 4.92 Å². The molecule has 0 fully saturated rings. The predicted molar refractivity (Wildman–Crippen MR) is 109 cm³/mol. The summed E-state index contributed by atoms with van der Waals surface area (Å²) in [6, 6.07) is 16.6. The summed E-state index contributed by atoms with van der Waals surface area (Å²) in [5.74, 6) is 1.84. The number of nitrogens with zero attached hydrogens (tertiary/aromatic N) is 2. The van der Waals surface area contributed by atoms with E-state index in [0.717, 1.165) is 5.56 Å². The fraction of sp³-hybridized carbons (Fsp3) is 0.0952. The van der Waals surface area contributed by atoms with Gasteiger partial charge in [0.05, 0.1) is 23.3 Å². The average Bonchev–Trinajstić information content (AvgIpc) is 2.74. The van der Waals surface area contributed by atoms with Crippen molar-refractivity contribution in [1.29, 1.82) is 0 Å². The van der Waals surface area contributed by atoms with Crippen molar-refractivity contribution < 1.29 is 19.1 Å². The normalized spacial score (nSPS) is 12.4. The molecule has 0 spiro atoms. The van der Waals surface area contributed by atoms with E-state index in [-0.39, 0.29) is 18.2 Å². The van der Waals surface area contributed by atoms with Gasteiger partial charge in [0.15, 0.2) is 0 Å². The minimum atomic E-state index is -0.477. The molecule has 0 saturated heterocycles. The van der Waals surface area contributed by atoms with Gasteiger partial charge in [0.1, 0.15) is 23.9 Å². The Hall–Kier alpha value is -3.58. The number of rotatable bonds is 5. The largest absolute Gasteiger partial charge is 0.497 e. The topological polar surface area (TPSA) is 83.2 Å². The maximum atomic E-state index is 11.3. The molecule has 29 heavy (non-hydrogen) atoms. The second-order valence-corrected chi connectivity index (χ2v) is 6.57. The number of methoxy groups -OCH3 is 1. The van der Waals surface area contributed by atoms with E-state index in [2.05, 4.69) is 4.99 Å². The maximum Gasteiger partial charge on any atom is 0.270 e. The van der Waals surface area contributed by atoms with E-state index >= 15 is 0 Å². The highest BCUT2D eigenvalue weighted by Gasteiger charge is 2.23. The molecular weight excluding hydrogens is 396 g/mol. The maximum absolute atomic E-state index is 11.3. The molecule has 3 aromatic rings. The third-order valence-electron chi connectivity index (χ3n) is 4.36. The lowest BCUT2D eigenvalue weighted by Crippen LogP contribution is -2.13. The minimum Gasteiger partial charge on any atom is -0.497 e. The molecule has 0 N–H and O–H groups in total. The van der Waals surface area contributed by atoms with Crippen LogP contribution < -0.4 is 9.47 Å². The van der Waals surface area contributed by atoms with E-state index in [4.69, 9.17) is 25.8 Å². The van der Waals surface area contributed by atoms with Gasteiger partial charge in [-0.1, -0.05) is 17.7 Å². The molecule has 0 bridgehead atoms. The van der Waals surface area contributed by atoms with Crippen molar-refractivity contribution in [2.24, 2.45) is 4.99 Å². The zero-order valence-electron chi connectivity index (χ0n) is 15.3. The molecule has 0 unspecified atom stereocenters. The van der Waals surface area contributed by atoms with Crippen molar-refractivity contribution >= 4 is 28.9 Å². The smallest absolute Gasteiger partial charge is 0.270 e. The summed E-state index contributed by atoms with van der Waals surface area (Å²) in [6.07, 6.45) is 0. The summed E-state index contributed by atoms with van der Waals surface area (Å²) >= 11 is 6.19. The molecule has 8 heteroatoms. The standard InChI is InChI=1S/C21H15ClN2O5/c1-27-14-6-8-15(9-7-14)29-20-10-5-13(24(25)26)11-16(20)21-23-19-4-2-3-18(22)17(19)12-28-21/h2-11H,12H2,1H3. The first-order chi connectivity index (χ1) is 14.0. The number of nitro groups is 1. The van der Waals surface area contributed by atoms with Crippen molar-refractivity contribution in [2.75, 3.05) is 7.11 Å². The Morgan fingerprint density at radius 3 is 2.59 bits per heavy atom. The van der Waals surface area contributed by atoms with Crippen LogP contribution in [-0.4, -0.2) is 17.9 Å². The Morgan fingerprint density at radius 2 is 1.86 bits per heavy atom. The minimum absolute atomic E-state index is 0.0923. The molecule has 146 valence electrons. The molecule has 1 aliphatic rings. The van der Waals surface area contributed by atoms with Gasteiger partial charge in [-0.2, -0.15) is 0 Å². The third-order valence-corrected chi connectivity index (χ3v) is 4.72. The molecular formula is C21H15ClN2O5. The molecule has 0 amide bonds. The van der Waals surface area contributed by atoms with Gasteiger partial charge in [-0.25, -0.2) is 4.99 Å². The lowest BCUT2D eigenvalue weighted by molar-refractivity contribution is -0.384. The monoisotopic (exact) mass is 410 g/mol. The van der Waals surface area contributed by atoms with Crippen LogP contribution in [0, 0.1) is 10.1 Å². The molecule has 4 rings (SSSR count). The first-order valence-electron chi connectivity index (χ1n) is 8.65. The van der Waals surface area contributed by atoms with Gasteiger partial charge in [-0.05, 0) is 42.5 Å². The van der Waals surface area contributed by atoms with E-state index in [0.29, 0.717) is 33.5 Å². The second kappa shape index (κ2) is 7.81. The second-order valence-electron chi connectivity index (χ2n) is 6.16. The zero-order chi connectivity index (χ0) is 20.4. The molecule has 0 radical (unpaired) electrons. The molecule has 1 aliphatic heterocycles. The van der Waals surface area contributed by atoms with Crippen LogP contribution in [0.4, 0.5) is 11.4 Å². The van der Waals surface area contributed by atoms with Crippen LogP contribution in [0.15, 0.2) is 65.7 Å². The van der Waals surface area contributed by atoms with Gasteiger partial charge in [0.25, 0.3) is 5.69 Å². The highest BCUT2D eigenvalue weighted by molar-refractivity contribution is 6.31. The number of aliphatic imine (C=N–C) groups is 1. The Bertz CT molecular complexity index is 1110. The lowest BCUT2D eigenvalue weighted by Gasteiger charge is -2.19. The van der Waals surface area contributed by atoms with Crippen molar-refractivity contribution in [2.45, 2.75) is 6.61 Å². The predicted octanol–water partition coefficient (Wildman–Crippen LogP) is 5.66. The molecule has 0 aliphatic carbocycles. The van der Waals surface area contributed by atoms with Gasteiger partial charge in [-0.3, -0.25) is 10.1 Å². The van der Waals surface area contributed by atoms with Crippen LogP contribution >= 0.6 is 11.6 Å². The molecule has 3 aromatic carbocycles. The van der Waals surface area contributed by atoms with Crippen LogP contribution in [0.1, 0.15) is 11.1 Å². The van der Waals surface area contributed by atoms with Crippen molar-refractivity contribution in [1.82, 2.24) is 0 Å². The quantitative estimate of drug-likeness (QED) is 0.400. The summed E-state index contributed by atoms with van der Waals surface area (Å²) in [7, 11) is 1.58. The van der Waals surface area contributed by atoms with Gasteiger partial charge in [-0.15, -0.1) is 0 Å². The van der Waals surface area contributed by atoms with E-state index in [9.17, 15) is 10.1 Å². The van der Waals surface area contributed by atoms with E-state index in [1.807, 2.05) is 6.07 Å². The molecule has 1 heterocycles. The lowest BCUT2D eigenvalue weighted by atomic mass is 10.1. The van der Waals surface area contributed by atoms with Crippen molar-refractivity contribution in [3.63, 3.8) is 0 Å². The third kappa shape index (κ3) is 3.86. The van der Waals surface area contributed by atoms with Crippen molar-refractivity contribution in [3.05, 3.63) is 86.9 Å². The summed E-state index contributed by atoms with van der Waals surface area (Å²) in [6.45, 7) is 0.207. The number of hydrogen-bond acceptors (Lipinski definition) is 6. The van der Waals surface area contributed by atoms with Crippen LogP contribution in [0.3, 0.4) is 0 Å². The zero-order valence-corrected chi connectivity index (χ0v) is 16.1. The highest BCUT2D eigenvalue weighted by Crippen LogP contribution is 2.36. The van der Waals surface area contributed by atoms with Crippen molar-refractivity contribution in [3.8, 4) is 17.2 Å². The van der Waals surface area contributed by atoms with E-state index in [1.54, 1.807) is 43.5 Å². The molecule has 0 atom stereocenters. The van der Waals surface area contributed by atoms with Crippen LogP contribution in [0.25, 0.3) is 0 Å². The van der Waals surface area contributed by atoms with Gasteiger partial charge >= 0.3 is 0 Å². The fourth-order valence-corrected chi connectivity index (χ4v) is 3.10. The molecule has 0 saturated carbocycles. The Kier molecular flexibility index (Phi) is 5.05. The van der Waals surface area contributed by atoms with E-state index in [1.165, 1.54) is 18.2 Å². The number of halogens is 1. The molecule has 0 aromatic heterocycles. The summed E-state index contributed by atoms with van der Waals surface area (Å²) in [5.41, 5.74) is 1.70. The first-order valence-corrected chi connectivity index (χ1v) is 9.02. The Labute approximate surface area is 171 Å². The number of hydrogen-bond donors (Lipinski definition) is 0. The summed E-state index contributed by atoms with van der Waals surface area (Å²) < 4.78 is 16.9. The summed E-state index contributed by atoms with van der Waals surface area (Å²) in [5, 5.41) is 11.8. The Morgan fingerprint density at radius 1 is 1.10 bits per heavy atom. The fourth-order valence-electron chi connectivity index (χ4n) is 2.87. The number of benzene rings is 3. The highest BCUT2D eigenvalue weighted by atomic mass is 35.5. The molecule has 7 nitrogen and oxygen atoms in total. The number of non-ortho nitro benzene ring substituents is 1. The van der Waals surface area contributed by atoms with Gasteiger partial charge in [0, 0.05) is 22.7 Å². The first kappa shape index (κ1) is 18.8. The van der Waals surface area contributed by atoms with Gasteiger partial charge in [0.2, 0.25) is 5.90 Å².